The highest BCUT2D eigenvalue weighted by Gasteiger charge is 2.22. The molecule has 3 rings (SSSR count). The molecule has 0 spiro atoms. The first-order chi connectivity index (χ1) is 6.93. The van der Waals surface area contributed by atoms with E-state index in [0.29, 0.717) is 6.04 Å². The highest BCUT2D eigenvalue weighted by atomic mass is 15.0. The Labute approximate surface area is 82.6 Å². The molecule has 0 aromatic heterocycles. The first-order valence-electron chi connectivity index (χ1n) is 4.85. The standard InChI is InChI=1S/C11H11N3/c1-2-4-9-8(3-1)13-10-5-6-12-7-11(10)14-9/h1-4,6,10,13H,5,7H2. The highest BCUT2D eigenvalue weighted by Crippen LogP contribution is 2.30. The van der Waals surface area contributed by atoms with Crippen molar-refractivity contribution in [2.24, 2.45) is 9.98 Å². The molecule has 0 aliphatic carbocycles. The maximum absolute atomic E-state index is 4.61. The van der Waals surface area contributed by atoms with Crippen LogP contribution in [0.25, 0.3) is 0 Å². The van der Waals surface area contributed by atoms with E-state index in [0.717, 1.165) is 30.1 Å². The van der Waals surface area contributed by atoms with Gasteiger partial charge in [-0.2, -0.15) is 0 Å². The minimum absolute atomic E-state index is 0.363. The van der Waals surface area contributed by atoms with Gasteiger partial charge in [0.2, 0.25) is 0 Å². The summed E-state index contributed by atoms with van der Waals surface area (Å²) in [5.74, 6) is 0. The largest absolute Gasteiger partial charge is 0.375 e. The van der Waals surface area contributed by atoms with E-state index in [2.05, 4.69) is 21.4 Å². The lowest BCUT2D eigenvalue weighted by Crippen LogP contribution is -2.36. The molecular formula is C11H11N3. The molecule has 2 heterocycles. The Balaban J connectivity index is 2.07. The molecule has 1 atom stereocenters. The molecule has 0 fully saturated rings. The highest BCUT2D eigenvalue weighted by molar-refractivity contribution is 6.02. The molecule has 0 saturated heterocycles. The number of nitrogens with one attached hydrogen (secondary N) is 1. The van der Waals surface area contributed by atoms with Crippen molar-refractivity contribution in [3.05, 3.63) is 24.3 Å². The zero-order chi connectivity index (χ0) is 9.38. The third-order valence-electron chi connectivity index (χ3n) is 2.62. The average Bonchev–Trinajstić information content (AvgIpc) is 2.26. The topological polar surface area (TPSA) is 36.8 Å². The predicted molar refractivity (Wildman–Crippen MR) is 58.9 cm³/mol. The zero-order valence-electron chi connectivity index (χ0n) is 7.77. The Morgan fingerprint density at radius 3 is 3.21 bits per heavy atom. The maximum Gasteiger partial charge on any atom is 0.0862 e. The van der Waals surface area contributed by atoms with Crippen LogP contribution in [0.1, 0.15) is 6.42 Å². The molecule has 0 saturated carbocycles. The van der Waals surface area contributed by atoms with Crippen molar-refractivity contribution in [2.75, 3.05) is 11.9 Å². The van der Waals surface area contributed by atoms with Gasteiger partial charge in [-0.1, -0.05) is 12.1 Å². The second-order valence-corrected chi connectivity index (χ2v) is 3.58. The van der Waals surface area contributed by atoms with Gasteiger partial charge in [-0.3, -0.25) is 9.98 Å². The first kappa shape index (κ1) is 7.74. The van der Waals surface area contributed by atoms with Crippen LogP contribution in [0.5, 0.6) is 0 Å². The van der Waals surface area contributed by atoms with Crippen LogP contribution in [0.15, 0.2) is 34.3 Å². The van der Waals surface area contributed by atoms with E-state index in [4.69, 9.17) is 0 Å². The lowest BCUT2D eigenvalue weighted by atomic mass is 10.0. The van der Waals surface area contributed by atoms with Crippen LogP contribution in [0.4, 0.5) is 11.4 Å². The number of para-hydroxylation sites is 2. The molecule has 70 valence electrons. The van der Waals surface area contributed by atoms with Gasteiger partial charge in [-0.05, 0) is 12.1 Å². The van der Waals surface area contributed by atoms with Crippen molar-refractivity contribution in [1.82, 2.24) is 0 Å². The molecule has 2 aliphatic heterocycles. The van der Waals surface area contributed by atoms with Gasteiger partial charge in [-0.25, -0.2) is 0 Å². The number of hydrogen-bond acceptors (Lipinski definition) is 3. The smallest absolute Gasteiger partial charge is 0.0862 e. The summed E-state index contributed by atoms with van der Waals surface area (Å²) in [6.07, 6.45) is 2.93. The predicted octanol–water partition coefficient (Wildman–Crippen LogP) is 2.03. The fourth-order valence-corrected chi connectivity index (χ4v) is 1.88. The summed E-state index contributed by atoms with van der Waals surface area (Å²) in [4.78, 5) is 8.85. The van der Waals surface area contributed by atoms with Gasteiger partial charge < -0.3 is 5.32 Å². The van der Waals surface area contributed by atoms with Crippen molar-refractivity contribution >= 4 is 23.3 Å². The van der Waals surface area contributed by atoms with Crippen molar-refractivity contribution in [3.63, 3.8) is 0 Å². The third kappa shape index (κ3) is 1.13. The molecule has 1 aromatic carbocycles. The molecule has 2 aliphatic rings. The van der Waals surface area contributed by atoms with E-state index in [1.165, 1.54) is 0 Å². The fourth-order valence-electron chi connectivity index (χ4n) is 1.88. The molecule has 0 bridgehead atoms. The molecule has 1 unspecified atom stereocenters. The Bertz CT molecular complexity index is 420. The van der Waals surface area contributed by atoms with Crippen LogP contribution in [0, 0.1) is 0 Å². The molecule has 3 heteroatoms. The van der Waals surface area contributed by atoms with Crippen LogP contribution >= 0.6 is 0 Å². The van der Waals surface area contributed by atoms with E-state index >= 15 is 0 Å². The minimum atomic E-state index is 0.363. The van der Waals surface area contributed by atoms with Gasteiger partial charge in [-0.15, -0.1) is 0 Å². The third-order valence-corrected chi connectivity index (χ3v) is 2.62. The Hall–Kier alpha value is -1.64. The lowest BCUT2D eigenvalue weighted by Gasteiger charge is -2.27. The first-order valence-corrected chi connectivity index (χ1v) is 4.85. The van der Waals surface area contributed by atoms with E-state index in [9.17, 15) is 0 Å². The summed E-state index contributed by atoms with van der Waals surface area (Å²) in [6, 6.07) is 8.51. The molecule has 14 heavy (non-hydrogen) atoms. The molecule has 1 N–H and O–H groups in total. The van der Waals surface area contributed by atoms with E-state index in [1.54, 1.807) is 0 Å². The summed E-state index contributed by atoms with van der Waals surface area (Å²) in [6.45, 7) is 0.742. The molecule has 3 nitrogen and oxygen atoms in total. The quantitative estimate of drug-likeness (QED) is 0.659. The van der Waals surface area contributed by atoms with Gasteiger partial charge in [0, 0.05) is 12.6 Å². The van der Waals surface area contributed by atoms with Gasteiger partial charge in [0.05, 0.1) is 29.7 Å². The van der Waals surface area contributed by atoms with Gasteiger partial charge >= 0.3 is 0 Å². The number of benzene rings is 1. The van der Waals surface area contributed by atoms with E-state index < -0.39 is 0 Å². The summed E-state index contributed by atoms with van der Waals surface area (Å²) >= 11 is 0. The normalized spacial score (nSPS) is 23.1. The van der Waals surface area contributed by atoms with Crippen LogP contribution in [-0.2, 0) is 0 Å². The number of nitrogens with zero attached hydrogens (tertiary/aromatic N) is 2. The summed E-state index contributed by atoms with van der Waals surface area (Å²) in [7, 11) is 0. The molecule has 0 amide bonds. The number of rotatable bonds is 0. The number of anilines is 1. The SMILES string of the molecule is C1=NCC2=Nc3ccccc3NC2C1. The van der Waals surface area contributed by atoms with E-state index in [1.807, 2.05) is 24.4 Å². The summed E-state index contributed by atoms with van der Waals surface area (Å²) < 4.78 is 0. The van der Waals surface area contributed by atoms with Crippen LogP contribution < -0.4 is 5.32 Å². The summed E-state index contributed by atoms with van der Waals surface area (Å²) in [5, 5.41) is 3.48. The Morgan fingerprint density at radius 1 is 1.29 bits per heavy atom. The maximum atomic E-state index is 4.61. The molecule has 1 aromatic rings. The van der Waals surface area contributed by atoms with Gasteiger partial charge in [0.1, 0.15) is 0 Å². The van der Waals surface area contributed by atoms with Crippen molar-refractivity contribution in [2.45, 2.75) is 12.5 Å². The summed E-state index contributed by atoms with van der Waals surface area (Å²) in [5.41, 5.74) is 3.33. The lowest BCUT2D eigenvalue weighted by molar-refractivity contribution is 0.915. The van der Waals surface area contributed by atoms with Crippen LogP contribution in [0.3, 0.4) is 0 Å². The Kier molecular flexibility index (Phi) is 1.63. The molecular weight excluding hydrogens is 174 g/mol. The van der Waals surface area contributed by atoms with Crippen LogP contribution in [-0.4, -0.2) is 24.5 Å². The van der Waals surface area contributed by atoms with E-state index in [-0.39, 0.29) is 0 Å². The second-order valence-electron chi connectivity index (χ2n) is 3.58. The van der Waals surface area contributed by atoms with Gasteiger partial charge in [0.15, 0.2) is 0 Å². The van der Waals surface area contributed by atoms with Crippen LogP contribution in [0.2, 0.25) is 0 Å². The number of hydrogen-bond donors (Lipinski definition) is 1. The molecule has 0 radical (unpaired) electrons. The van der Waals surface area contributed by atoms with Gasteiger partial charge in [0.25, 0.3) is 0 Å². The Morgan fingerprint density at radius 2 is 2.21 bits per heavy atom. The fraction of sp³-hybridized carbons (Fsp3) is 0.273. The second kappa shape index (κ2) is 2.94. The number of fused-ring (bicyclic) bond motifs is 2. The zero-order valence-corrected chi connectivity index (χ0v) is 7.77. The van der Waals surface area contributed by atoms with Crippen molar-refractivity contribution in [3.8, 4) is 0 Å². The van der Waals surface area contributed by atoms with Crippen molar-refractivity contribution in [1.29, 1.82) is 0 Å². The average molecular weight is 185 g/mol. The minimum Gasteiger partial charge on any atom is -0.375 e. The monoisotopic (exact) mass is 185 g/mol. The number of aliphatic imine (C=N–C) groups is 2. The van der Waals surface area contributed by atoms with Crippen molar-refractivity contribution < 1.29 is 0 Å².